The average Bonchev–Trinajstić information content (AvgIpc) is 2.18. The van der Waals surface area contributed by atoms with Crippen molar-refractivity contribution < 1.29 is 13.6 Å². The molecular formula is C10H10BrF2NO. The van der Waals surface area contributed by atoms with Crippen LogP contribution in [0, 0.1) is 0 Å². The molecular weight excluding hydrogens is 268 g/mol. The molecule has 2 nitrogen and oxygen atoms in total. The van der Waals surface area contributed by atoms with Crippen molar-refractivity contribution in [3.63, 3.8) is 0 Å². The predicted octanol–water partition coefficient (Wildman–Crippen LogP) is 2.89. The molecule has 1 aromatic rings. The van der Waals surface area contributed by atoms with Crippen molar-refractivity contribution in [2.24, 2.45) is 0 Å². The summed E-state index contributed by atoms with van der Waals surface area (Å²) in [4.78, 5) is 10.7. The van der Waals surface area contributed by atoms with Crippen LogP contribution in [0.25, 0.3) is 0 Å². The number of carbonyl (C=O) groups is 1. The molecule has 1 unspecified atom stereocenters. The number of carbonyl (C=O) groups excluding carboxylic acids is 1. The zero-order valence-electron chi connectivity index (χ0n) is 8.01. The molecule has 1 aromatic carbocycles. The van der Waals surface area contributed by atoms with Gasteiger partial charge in [-0.05, 0) is 24.6 Å². The van der Waals surface area contributed by atoms with Crippen LogP contribution >= 0.6 is 15.9 Å². The van der Waals surface area contributed by atoms with Crippen molar-refractivity contribution in [3.8, 4) is 0 Å². The minimum absolute atomic E-state index is 0.417. The van der Waals surface area contributed by atoms with Gasteiger partial charge in [-0.3, -0.25) is 4.79 Å². The Morgan fingerprint density at radius 1 is 1.33 bits per heavy atom. The van der Waals surface area contributed by atoms with Gasteiger partial charge in [0.15, 0.2) is 0 Å². The Balaban J connectivity index is 2.65. The highest BCUT2D eigenvalue weighted by molar-refractivity contribution is 9.10. The topological polar surface area (TPSA) is 29.1 Å². The highest BCUT2D eigenvalue weighted by Gasteiger charge is 2.17. The molecule has 15 heavy (non-hydrogen) atoms. The zero-order valence-corrected chi connectivity index (χ0v) is 9.59. The average molecular weight is 278 g/mol. The van der Waals surface area contributed by atoms with E-state index in [1.165, 1.54) is 0 Å². The second-order valence-electron chi connectivity index (χ2n) is 3.08. The van der Waals surface area contributed by atoms with Gasteiger partial charge in [0.1, 0.15) is 0 Å². The lowest BCUT2D eigenvalue weighted by Crippen LogP contribution is -2.31. The van der Waals surface area contributed by atoms with E-state index in [9.17, 15) is 13.6 Å². The molecule has 0 fully saturated rings. The predicted molar refractivity (Wildman–Crippen MR) is 56.7 cm³/mol. The Kier molecular flexibility index (Phi) is 4.20. The van der Waals surface area contributed by atoms with E-state index in [4.69, 9.17) is 0 Å². The van der Waals surface area contributed by atoms with Gasteiger partial charge in [0.25, 0.3) is 5.91 Å². The van der Waals surface area contributed by atoms with E-state index < -0.39 is 18.4 Å². The molecule has 0 aliphatic carbocycles. The van der Waals surface area contributed by atoms with Crippen molar-refractivity contribution in [1.82, 2.24) is 5.32 Å². The highest BCUT2D eigenvalue weighted by Crippen LogP contribution is 2.16. The second-order valence-corrected chi connectivity index (χ2v) is 4.00. The molecule has 0 aliphatic rings. The molecule has 5 heteroatoms. The van der Waals surface area contributed by atoms with E-state index in [0.29, 0.717) is 0 Å². The Hall–Kier alpha value is -0.970. The van der Waals surface area contributed by atoms with Gasteiger partial charge in [-0.1, -0.05) is 28.1 Å². The summed E-state index contributed by atoms with van der Waals surface area (Å²) in [5, 5.41) is 2.21. The lowest BCUT2D eigenvalue weighted by molar-refractivity contribution is -0.132. The van der Waals surface area contributed by atoms with Gasteiger partial charge in [0.05, 0.1) is 6.04 Å². The standard InChI is InChI=1S/C10H10BrF2NO/c1-6(14-10(15)9(12)13)7-2-4-8(11)5-3-7/h2-6,9H,1H3,(H,14,15). The molecule has 0 radical (unpaired) electrons. The fourth-order valence-electron chi connectivity index (χ4n) is 1.11. The summed E-state index contributed by atoms with van der Waals surface area (Å²) in [7, 11) is 0. The lowest BCUT2D eigenvalue weighted by atomic mass is 10.1. The van der Waals surface area contributed by atoms with Gasteiger partial charge in [0, 0.05) is 4.47 Å². The molecule has 1 N–H and O–H groups in total. The van der Waals surface area contributed by atoms with E-state index in [2.05, 4.69) is 21.2 Å². The Morgan fingerprint density at radius 2 is 1.87 bits per heavy atom. The monoisotopic (exact) mass is 277 g/mol. The van der Waals surface area contributed by atoms with E-state index >= 15 is 0 Å². The van der Waals surface area contributed by atoms with Gasteiger partial charge < -0.3 is 5.32 Å². The largest absolute Gasteiger partial charge is 0.345 e. The van der Waals surface area contributed by atoms with E-state index in [1.807, 2.05) is 0 Å². The van der Waals surface area contributed by atoms with Gasteiger partial charge in [-0.15, -0.1) is 0 Å². The maximum absolute atomic E-state index is 11.9. The summed E-state index contributed by atoms with van der Waals surface area (Å²) >= 11 is 3.26. The third-order valence-electron chi connectivity index (χ3n) is 1.93. The van der Waals surface area contributed by atoms with Crippen molar-refractivity contribution in [2.75, 3.05) is 0 Å². The first-order valence-electron chi connectivity index (χ1n) is 4.34. The number of alkyl halides is 2. The Labute approximate surface area is 94.8 Å². The summed E-state index contributed by atoms with van der Waals surface area (Å²) in [6.45, 7) is 1.66. The van der Waals surface area contributed by atoms with Crippen LogP contribution in [0.4, 0.5) is 8.78 Å². The fraction of sp³-hybridized carbons (Fsp3) is 0.300. The molecule has 1 amide bonds. The minimum atomic E-state index is -2.97. The number of hydrogen-bond acceptors (Lipinski definition) is 1. The maximum atomic E-state index is 11.9. The summed E-state index contributed by atoms with van der Waals surface area (Å²) in [5.74, 6) is -1.24. The second kappa shape index (κ2) is 5.21. The minimum Gasteiger partial charge on any atom is -0.345 e. The smallest absolute Gasteiger partial charge is 0.315 e. The van der Waals surface area contributed by atoms with Crippen LogP contribution in [0.2, 0.25) is 0 Å². The number of halogens is 3. The molecule has 0 aromatic heterocycles. The summed E-state index contributed by atoms with van der Waals surface area (Å²) in [6.07, 6.45) is -2.97. The van der Waals surface area contributed by atoms with Crippen molar-refractivity contribution in [1.29, 1.82) is 0 Å². The maximum Gasteiger partial charge on any atom is 0.315 e. The van der Waals surface area contributed by atoms with E-state index in [-0.39, 0.29) is 0 Å². The first-order chi connectivity index (χ1) is 7.00. The number of benzene rings is 1. The number of rotatable bonds is 3. The highest BCUT2D eigenvalue weighted by atomic mass is 79.9. The molecule has 0 spiro atoms. The number of amides is 1. The number of nitrogens with one attached hydrogen (secondary N) is 1. The van der Waals surface area contributed by atoms with Crippen LogP contribution in [0.5, 0.6) is 0 Å². The van der Waals surface area contributed by atoms with Crippen LogP contribution in [-0.2, 0) is 4.79 Å². The van der Waals surface area contributed by atoms with Gasteiger partial charge in [-0.2, -0.15) is 8.78 Å². The van der Waals surface area contributed by atoms with Crippen LogP contribution < -0.4 is 5.32 Å². The normalized spacial score (nSPS) is 12.6. The first kappa shape index (κ1) is 12.1. The summed E-state index contributed by atoms with van der Waals surface area (Å²) in [5.41, 5.74) is 0.784. The lowest BCUT2D eigenvalue weighted by Gasteiger charge is -2.13. The first-order valence-corrected chi connectivity index (χ1v) is 5.14. The van der Waals surface area contributed by atoms with Crippen LogP contribution in [0.3, 0.4) is 0 Å². The third-order valence-corrected chi connectivity index (χ3v) is 2.46. The van der Waals surface area contributed by atoms with Crippen molar-refractivity contribution in [2.45, 2.75) is 19.4 Å². The molecule has 82 valence electrons. The van der Waals surface area contributed by atoms with Gasteiger partial charge in [-0.25, -0.2) is 0 Å². The van der Waals surface area contributed by atoms with Crippen LogP contribution in [-0.4, -0.2) is 12.3 Å². The fourth-order valence-corrected chi connectivity index (χ4v) is 1.38. The molecule has 0 bridgehead atoms. The van der Waals surface area contributed by atoms with E-state index in [0.717, 1.165) is 10.0 Å². The molecule has 0 aliphatic heterocycles. The van der Waals surface area contributed by atoms with Gasteiger partial charge >= 0.3 is 6.43 Å². The summed E-state index contributed by atoms with van der Waals surface area (Å²) < 4.78 is 24.8. The molecule has 0 saturated heterocycles. The van der Waals surface area contributed by atoms with E-state index in [1.54, 1.807) is 31.2 Å². The van der Waals surface area contributed by atoms with Crippen molar-refractivity contribution in [3.05, 3.63) is 34.3 Å². The van der Waals surface area contributed by atoms with Crippen LogP contribution in [0.15, 0.2) is 28.7 Å². The SMILES string of the molecule is CC(NC(=O)C(F)F)c1ccc(Br)cc1. The summed E-state index contributed by atoms with van der Waals surface area (Å²) in [6, 6.07) is 6.70. The molecule has 1 rings (SSSR count). The Morgan fingerprint density at radius 3 is 2.33 bits per heavy atom. The quantitative estimate of drug-likeness (QED) is 0.905. The zero-order chi connectivity index (χ0) is 11.4. The third kappa shape index (κ3) is 3.58. The number of hydrogen-bond donors (Lipinski definition) is 1. The van der Waals surface area contributed by atoms with Gasteiger partial charge in [0.2, 0.25) is 0 Å². The van der Waals surface area contributed by atoms with Crippen LogP contribution in [0.1, 0.15) is 18.5 Å². The van der Waals surface area contributed by atoms with Crippen molar-refractivity contribution >= 4 is 21.8 Å². The Bertz CT molecular complexity index is 340. The molecule has 1 atom stereocenters. The molecule has 0 heterocycles. The molecule has 0 saturated carbocycles.